The van der Waals surface area contributed by atoms with Crippen LogP contribution in [0.5, 0.6) is 0 Å². The van der Waals surface area contributed by atoms with E-state index in [1.54, 1.807) is 18.2 Å². The highest BCUT2D eigenvalue weighted by molar-refractivity contribution is 7.80. The number of thiazole rings is 1. The Labute approximate surface area is 176 Å². The van der Waals surface area contributed by atoms with Gasteiger partial charge in [0.05, 0.1) is 5.69 Å². The summed E-state index contributed by atoms with van der Waals surface area (Å²) < 4.78 is 0. The zero-order chi connectivity index (χ0) is 19.5. The lowest BCUT2D eigenvalue weighted by molar-refractivity contribution is 0.0979. The van der Waals surface area contributed by atoms with Crippen LogP contribution < -0.4 is 10.6 Å². The summed E-state index contributed by atoms with van der Waals surface area (Å²) in [6.45, 7) is 0. The van der Waals surface area contributed by atoms with Crippen LogP contribution in [-0.2, 0) is 0 Å². The summed E-state index contributed by atoms with van der Waals surface area (Å²) >= 11 is 12.9. The molecule has 0 spiro atoms. The van der Waals surface area contributed by atoms with Gasteiger partial charge in [-0.25, -0.2) is 4.98 Å². The molecule has 0 bridgehead atoms. The van der Waals surface area contributed by atoms with Gasteiger partial charge in [-0.1, -0.05) is 66.2 Å². The molecule has 0 aliphatic heterocycles. The monoisotopic (exact) mass is 423 g/mol. The number of carbonyl (C=O) groups is 1. The van der Waals surface area contributed by atoms with E-state index in [1.165, 1.54) is 11.3 Å². The van der Waals surface area contributed by atoms with E-state index in [1.807, 2.05) is 53.9 Å². The van der Waals surface area contributed by atoms with E-state index < -0.39 is 0 Å². The number of benzene rings is 3. The van der Waals surface area contributed by atoms with Crippen molar-refractivity contribution in [2.24, 2.45) is 0 Å². The molecule has 0 fully saturated rings. The number of nitrogens with one attached hydrogen (secondary N) is 2. The number of aromatic nitrogens is 1. The van der Waals surface area contributed by atoms with Crippen LogP contribution in [0.15, 0.2) is 72.1 Å². The molecular formula is C21H14ClN3OS2. The Kier molecular flexibility index (Phi) is 5.34. The van der Waals surface area contributed by atoms with Crippen molar-refractivity contribution in [3.8, 4) is 11.3 Å². The number of thiocarbonyl (C=S) groups is 1. The molecule has 0 aliphatic rings. The van der Waals surface area contributed by atoms with Crippen LogP contribution in [-0.4, -0.2) is 16.0 Å². The molecule has 28 heavy (non-hydrogen) atoms. The summed E-state index contributed by atoms with van der Waals surface area (Å²) in [4.78, 5) is 17.2. The Balaban J connectivity index is 1.48. The third-order valence-electron chi connectivity index (χ3n) is 4.13. The Bertz CT molecular complexity index is 1170. The van der Waals surface area contributed by atoms with Crippen LogP contribution in [0, 0.1) is 0 Å². The molecule has 0 aliphatic carbocycles. The summed E-state index contributed by atoms with van der Waals surface area (Å²) in [5.74, 6) is -0.301. The van der Waals surface area contributed by atoms with Gasteiger partial charge < -0.3 is 5.32 Å². The summed E-state index contributed by atoms with van der Waals surface area (Å²) in [7, 11) is 0. The lowest BCUT2D eigenvalue weighted by atomic mass is 10.0. The number of nitrogens with zero attached hydrogens (tertiary/aromatic N) is 1. The van der Waals surface area contributed by atoms with Crippen LogP contribution in [0.1, 0.15) is 10.4 Å². The number of carbonyl (C=O) groups excluding carboxylic acids is 1. The number of hydrogen-bond acceptors (Lipinski definition) is 4. The van der Waals surface area contributed by atoms with Gasteiger partial charge >= 0.3 is 0 Å². The highest BCUT2D eigenvalue weighted by Crippen LogP contribution is 2.26. The molecule has 0 unspecified atom stereocenters. The zero-order valence-corrected chi connectivity index (χ0v) is 16.9. The summed E-state index contributed by atoms with van der Waals surface area (Å²) in [6.07, 6.45) is 0. The fourth-order valence-corrected chi connectivity index (χ4v) is 4.06. The molecule has 0 radical (unpaired) electrons. The van der Waals surface area contributed by atoms with Crippen LogP contribution in [0.2, 0.25) is 5.02 Å². The maximum absolute atomic E-state index is 12.7. The Hall–Kier alpha value is -2.80. The second kappa shape index (κ2) is 8.06. The van der Waals surface area contributed by atoms with E-state index in [0.717, 1.165) is 22.0 Å². The maximum atomic E-state index is 12.7. The number of halogens is 1. The van der Waals surface area contributed by atoms with Gasteiger partial charge in [-0.15, -0.1) is 11.3 Å². The van der Waals surface area contributed by atoms with E-state index in [-0.39, 0.29) is 11.0 Å². The number of anilines is 1. The number of amides is 1. The highest BCUT2D eigenvalue weighted by atomic mass is 35.5. The molecule has 1 amide bonds. The van der Waals surface area contributed by atoms with Crippen molar-refractivity contribution in [2.45, 2.75) is 0 Å². The minimum atomic E-state index is -0.301. The average Bonchev–Trinajstić information content (AvgIpc) is 3.17. The smallest absolute Gasteiger partial charge is 0.258 e. The first-order valence-electron chi connectivity index (χ1n) is 8.42. The number of hydrogen-bond donors (Lipinski definition) is 2. The third kappa shape index (κ3) is 3.89. The fraction of sp³-hybridized carbons (Fsp3) is 0. The maximum Gasteiger partial charge on any atom is 0.258 e. The van der Waals surface area contributed by atoms with Crippen molar-refractivity contribution >= 4 is 62.1 Å². The standard InChI is InChI=1S/C21H14ClN3OS2/c22-17-11-5-8-14-15(17)9-4-10-16(14)19(26)24-20(27)25-21-23-18(12-28-21)13-6-2-1-3-7-13/h1-12H,(H2,23,24,25,26,27). The second-order valence-electron chi connectivity index (χ2n) is 5.95. The number of rotatable bonds is 3. The molecule has 1 aromatic heterocycles. The van der Waals surface area contributed by atoms with Crippen molar-refractivity contribution in [2.75, 3.05) is 5.32 Å². The molecule has 7 heteroatoms. The van der Waals surface area contributed by atoms with E-state index >= 15 is 0 Å². The zero-order valence-electron chi connectivity index (χ0n) is 14.5. The minimum Gasteiger partial charge on any atom is -0.308 e. The summed E-state index contributed by atoms with van der Waals surface area (Å²) in [5, 5.41) is 10.6. The van der Waals surface area contributed by atoms with E-state index in [0.29, 0.717) is 15.7 Å². The van der Waals surface area contributed by atoms with Gasteiger partial charge in [-0.3, -0.25) is 10.1 Å². The molecule has 0 atom stereocenters. The molecule has 4 rings (SSSR count). The molecule has 0 saturated carbocycles. The Morgan fingerprint density at radius 1 is 0.964 bits per heavy atom. The predicted octanol–water partition coefficient (Wildman–Crippen LogP) is 5.74. The van der Waals surface area contributed by atoms with Crippen molar-refractivity contribution < 1.29 is 4.79 Å². The topological polar surface area (TPSA) is 54.0 Å². The van der Waals surface area contributed by atoms with E-state index in [4.69, 9.17) is 23.8 Å². The van der Waals surface area contributed by atoms with Crippen molar-refractivity contribution in [1.82, 2.24) is 10.3 Å². The first kappa shape index (κ1) is 18.6. The summed E-state index contributed by atoms with van der Waals surface area (Å²) in [5.41, 5.74) is 2.38. The van der Waals surface area contributed by atoms with Crippen molar-refractivity contribution in [1.29, 1.82) is 0 Å². The molecule has 4 aromatic rings. The van der Waals surface area contributed by atoms with Gasteiger partial charge in [-0.05, 0) is 29.7 Å². The van der Waals surface area contributed by atoms with Gasteiger partial charge in [0.15, 0.2) is 10.2 Å². The van der Waals surface area contributed by atoms with Crippen molar-refractivity contribution in [3.63, 3.8) is 0 Å². The Morgan fingerprint density at radius 2 is 1.71 bits per heavy atom. The first-order chi connectivity index (χ1) is 13.6. The highest BCUT2D eigenvalue weighted by Gasteiger charge is 2.13. The van der Waals surface area contributed by atoms with E-state index in [2.05, 4.69) is 15.6 Å². The largest absolute Gasteiger partial charge is 0.308 e. The second-order valence-corrected chi connectivity index (χ2v) is 7.63. The third-order valence-corrected chi connectivity index (χ3v) is 5.43. The van der Waals surface area contributed by atoms with Crippen LogP contribution >= 0.6 is 35.2 Å². The van der Waals surface area contributed by atoms with Gasteiger partial charge in [0, 0.05) is 26.9 Å². The molecule has 0 saturated heterocycles. The fourth-order valence-electron chi connectivity index (χ4n) is 2.84. The molecular weight excluding hydrogens is 410 g/mol. The van der Waals surface area contributed by atoms with Crippen LogP contribution in [0.3, 0.4) is 0 Å². The Morgan fingerprint density at radius 3 is 2.54 bits per heavy atom. The number of fused-ring (bicyclic) bond motifs is 1. The quantitative estimate of drug-likeness (QED) is 0.412. The average molecular weight is 424 g/mol. The molecule has 3 aromatic carbocycles. The van der Waals surface area contributed by atoms with Gasteiger partial charge in [0.25, 0.3) is 5.91 Å². The van der Waals surface area contributed by atoms with Crippen molar-refractivity contribution in [3.05, 3.63) is 82.7 Å². The first-order valence-corrected chi connectivity index (χ1v) is 10.1. The normalized spacial score (nSPS) is 10.6. The van der Waals surface area contributed by atoms with Gasteiger partial charge in [0.1, 0.15) is 0 Å². The van der Waals surface area contributed by atoms with Gasteiger partial charge in [0.2, 0.25) is 0 Å². The predicted molar refractivity (Wildman–Crippen MR) is 120 cm³/mol. The molecule has 2 N–H and O–H groups in total. The molecule has 4 nitrogen and oxygen atoms in total. The van der Waals surface area contributed by atoms with Crippen LogP contribution in [0.4, 0.5) is 5.13 Å². The SMILES string of the molecule is O=C(NC(=S)Nc1nc(-c2ccccc2)cs1)c1cccc2c(Cl)cccc12. The molecule has 138 valence electrons. The molecule has 1 heterocycles. The minimum absolute atomic E-state index is 0.193. The van der Waals surface area contributed by atoms with Crippen LogP contribution in [0.25, 0.3) is 22.0 Å². The van der Waals surface area contributed by atoms with E-state index in [9.17, 15) is 4.79 Å². The van der Waals surface area contributed by atoms with Gasteiger partial charge in [-0.2, -0.15) is 0 Å². The lowest BCUT2D eigenvalue weighted by Crippen LogP contribution is -2.34. The lowest BCUT2D eigenvalue weighted by Gasteiger charge is -2.10. The summed E-state index contributed by atoms with van der Waals surface area (Å²) in [6, 6.07) is 20.8.